The van der Waals surface area contributed by atoms with E-state index in [0.29, 0.717) is 17.7 Å². The second kappa shape index (κ2) is 7.26. The number of benzene rings is 3. The minimum absolute atomic E-state index is 0.112. The summed E-state index contributed by atoms with van der Waals surface area (Å²) in [5.41, 5.74) is 4.15. The summed E-state index contributed by atoms with van der Waals surface area (Å²) in [6.07, 6.45) is 0. The summed E-state index contributed by atoms with van der Waals surface area (Å²) < 4.78 is 0. The van der Waals surface area contributed by atoms with Crippen molar-refractivity contribution in [2.75, 3.05) is 0 Å². The highest BCUT2D eigenvalue weighted by Gasteiger charge is 2.11. The zero-order valence-corrected chi connectivity index (χ0v) is 13.1. The predicted octanol–water partition coefficient (Wildman–Crippen LogP) is 4.16. The van der Waals surface area contributed by atoms with E-state index in [1.165, 1.54) is 0 Å². The first kappa shape index (κ1) is 15.5. The largest absolute Gasteiger partial charge is 0.348 e. The summed E-state index contributed by atoms with van der Waals surface area (Å²) in [6, 6.07) is 26.7. The van der Waals surface area contributed by atoms with Gasteiger partial charge in [0.05, 0.1) is 11.6 Å². The molecule has 116 valence electrons. The molecule has 0 atom stereocenters. The topological polar surface area (TPSA) is 52.9 Å². The van der Waals surface area contributed by atoms with Gasteiger partial charge in [0.25, 0.3) is 5.91 Å². The number of hydrogen-bond donors (Lipinski definition) is 1. The molecule has 3 aromatic carbocycles. The lowest BCUT2D eigenvalue weighted by Crippen LogP contribution is -2.23. The van der Waals surface area contributed by atoms with Gasteiger partial charge in [0.2, 0.25) is 0 Å². The first-order chi connectivity index (χ1) is 11.8. The van der Waals surface area contributed by atoms with Crippen LogP contribution in [0.1, 0.15) is 21.5 Å². The number of carbonyl (C=O) groups is 1. The second-order valence-electron chi connectivity index (χ2n) is 5.40. The van der Waals surface area contributed by atoms with Crippen LogP contribution in [0.25, 0.3) is 11.1 Å². The molecular formula is C21H16N2O. The highest BCUT2D eigenvalue weighted by molar-refractivity contribution is 6.00. The van der Waals surface area contributed by atoms with Crippen molar-refractivity contribution in [1.82, 2.24) is 5.32 Å². The van der Waals surface area contributed by atoms with E-state index in [1.54, 1.807) is 12.1 Å². The van der Waals surface area contributed by atoms with Gasteiger partial charge in [0.15, 0.2) is 0 Å². The van der Waals surface area contributed by atoms with Crippen molar-refractivity contribution in [2.24, 2.45) is 0 Å². The summed E-state index contributed by atoms with van der Waals surface area (Å²) in [6.45, 7) is 0.424. The Kier molecular flexibility index (Phi) is 4.69. The molecule has 0 bridgehead atoms. The average molecular weight is 312 g/mol. The molecule has 0 heterocycles. The average Bonchev–Trinajstić information content (AvgIpc) is 2.67. The lowest BCUT2D eigenvalue weighted by Gasteiger charge is -2.10. The summed E-state index contributed by atoms with van der Waals surface area (Å²) in [5, 5.41) is 11.8. The van der Waals surface area contributed by atoms with Crippen molar-refractivity contribution < 1.29 is 4.79 Å². The van der Waals surface area contributed by atoms with E-state index < -0.39 is 0 Å². The van der Waals surface area contributed by atoms with Crippen LogP contribution in [0.2, 0.25) is 0 Å². The van der Waals surface area contributed by atoms with Gasteiger partial charge in [-0.1, -0.05) is 60.7 Å². The third-order valence-corrected chi connectivity index (χ3v) is 3.79. The molecule has 0 aliphatic carbocycles. The number of amides is 1. The molecule has 24 heavy (non-hydrogen) atoms. The van der Waals surface area contributed by atoms with Gasteiger partial charge >= 0.3 is 0 Å². The summed E-state index contributed by atoms with van der Waals surface area (Å²) >= 11 is 0. The van der Waals surface area contributed by atoms with Crippen LogP contribution in [0.15, 0.2) is 78.9 Å². The Bertz CT molecular complexity index is 878. The van der Waals surface area contributed by atoms with E-state index >= 15 is 0 Å². The van der Waals surface area contributed by atoms with Crippen LogP contribution in [0.5, 0.6) is 0 Å². The number of nitrogens with zero attached hydrogens (tertiary/aromatic N) is 1. The predicted molar refractivity (Wildman–Crippen MR) is 94.2 cm³/mol. The summed E-state index contributed by atoms with van der Waals surface area (Å²) in [5.74, 6) is -0.112. The van der Waals surface area contributed by atoms with Crippen LogP contribution in [-0.4, -0.2) is 5.91 Å². The van der Waals surface area contributed by atoms with E-state index in [0.717, 1.165) is 16.7 Å². The molecule has 0 spiro atoms. The molecule has 1 N–H and O–H groups in total. The fourth-order valence-electron chi connectivity index (χ4n) is 2.53. The summed E-state index contributed by atoms with van der Waals surface area (Å²) in [4.78, 5) is 12.6. The first-order valence-electron chi connectivity index (χ1n) is 7.69. The maximum Gasteiger partial charge on any atom is 0.252 e. The maximum atomic E-state index is 12.6. The Hall–Kier alpha value is -3.38. The molecule has 3 aromatic rings. The van der Waals surface area contributed by atoms with Crippen LogP contribution in [0, 0.1) is 11.3 Å². The number of carbonyl (C=O) groups excluding carboxylic acids is 1. The Labute approximate surface area is 141 Å². The highest BCUT2D eigenvalue weighted by atomic mass is 16.1. The van der Waals surface area contributed by atoms with Gasteiger partial charge in [-0.3, -0.25) is 4.79 Å². The van der Waals surface area contributed by atoms with Crippen molar-refractivity contribution in [3.8, 4) is 17.2 Å². The Balaban J connectivity index is 1.77. The third-order valence-electron chi connectivity index (χ3n) is 3.79. The molecule has 1 amide bonds. The fraction of sp³-hybridized carbons (Fsp3) is 0.0476. The quantitative estimate of drug-likeness (QED) is 0.786. The zero-order chi connectivity index (χ0) is 16.8. The van der Waals surface area contributed by atoms with Crippen molar-refractivity contribution in [2.45, 2.75) is 6.54 Å². The van der Waals surface area contributed by atoms with Gasteiger partial charge < -0.3 is 5.32 Å². The minimum atomic E-state index is -0.112. The fourth-order valence-corrected chi connectivity index (χ4v) is 2.53. The molecule has 0 radical (unpaired) electrons. The zero-order valence-electron chi connectivity index (χ0n) is 13.1. The lowest BCUT2D eigenvalue weighted by atomic mass is 9.99. The van der Waals surface area contributed by atoms with Gasteiger partial charge in [0.1, 0.15) is 0 Å². The Morgan fingerprint density at radius 1 is 0.875 bits per heavy atom. The van der Waals surface area contributed by atoms with Crippen molar-refractivity contribution >= 4 is 5.91 Å². The van der Waals surface area contributed by atoms with Gasteiger partial charge in [0, 0.05) is 12.1 Å². The Morgan fingerprint density at radius 3 is 2.25 bits per heavy atom. The molecule has 3 nitrogen and oxygen atoms in total. The van der Waals surface area contributed by atoms with Gasteiger partial charge in [-0.25, -0.2) is 0 Å². The minimum Gasteiger partial charge on any atom is -0.348 e. The van der Waals surface area contributed by atoms with E-state index in [1.807, 2.05) is 66.7 Å². The SMILES string of the molecule is N#Cc1ccc(CNC(=O)c2ccccc2-c2ccccc2)cc1. The molecule has 0 aliphatic rings. The molecule has 0 unspecified atom stereocenters. The van der Waals surface area contributed by atoms with Crippen LogP contribution in [0.3, 0.4) is 0 Å². The van der Waals surface area contributed by atoms with E-state index in [2.05, 4.69) is 11.4 Å². The number of rotatable bonds is 4. The molecule has 0 fully saturated rings. The van der Waals surface area contributed by atoms with Crippen LogP contribution >= 0.6 is 0 Å². The first-order valence-corrected chi connectivity index (χ1v) is 7.69. The molecular weight excluding hydrogens is 296 g/mol. The third kappa shape index (κ3) is 3.50. The molecule has 0 saturated heterocycles. The molecule has 0 saturated carbocycles. The molecule has 3 heteroatoms. The van der Waals surface area contributed by atoms with E-state index in [4.69, 9.17) is 5.26 Å². The van der Waals surface area contributed by atoms with Crippen molar-refractivity contribution in [1.29, 1.82) is 5.26 Å². The lowest BCUT2D eigenvalue weighted by molar-refractivity contribution is 0.0951. The number of nitriles is 1. The van der Waals surface area contributed by atoms with Gasteiger partial charge in [-0.15, -0.1) is 0 Å². The Morgan fingerprint density at radius 2 is 1.54 bits per heavy atom. The standard InChI is InChI=1S/C21H16N2O/c22-14-16-10-12-17(13-11-16)15-23-21(24)20-9-5-4-8-19(20)18-6-2-1-3-7-18/h1-13H,15H2,(H,23,24). The van der Waals surface area contributed by atoms with Gasteiger partial charge in [-0.05, 0) is 34.9 Å². The van der Waals surface area contributed by atoms with Crippen LogP contribution in [-0.2, 0) is 6.54 Å². The number of nitrogens with one attached hydrogen (secondary N) is 1. The van der Waals surface area contributed by atoms with Crippen molar-refractivity contribution in [3.63, 3.8) is 0 Å². The van der Waals surface area contributed by atoms with Crippen molar-refractivity contribution in [3.05, 3.63) is 95.6 Å². The normalized spacial score (nSPS) is 9.96. The molecule has 3 rings (SSSR count). The summed E-state index contributed by atoms with van der Waals surface area (Å²) in [7, 11) is 0. The van der Waals surface area contributed by atoms with Crippen LogP contribution in [0.4, 0.5) is 0 Å². The maximum absolute atomic E-state index is 12.6. The monoisotopic (exact) mass is 312 g/mol. The number of hydrogen-bond acceptors (Lipinski definition) is 2. The molecule has 0 aromatic heterocycles. The highest BCUT2D eigenvalue weighted by Crippen LogP contribution is 2.23. The molecule has 0 aliphatic heterocycles. The van der Waals surface area contributed by atoms with Gasteiger partial charge in [-0.2, -0.15) is 5.26 Å². The second-order valence-corrected chi connectivity index (χ2v) is 5.40. The van der Waals surface area contributed by atoms with E-state index in [9.17, 15) is 4.79 Å². The van der Waals surface area contributed by atoms with Crippen LogP contribution < -0.4 is 5.32 Å². The van der Waals surface area contributed by atoms with E-state index in [-0.39, 0.29) is 5.91 Å². The smallest absolute Gasteiger partial charge is 0.252 e.